The van der Waals surface area contributed by atoms with E-state index >= 15 is 0 Å². The molecule has 1 N–H and O–H groups in total. The van der Waals surface area contributed by atoms with Gasteiger partial charge in [0.1, 0.15) is 0 Å². The summed E-state index contributed by atoms with van der Waals surface area (Å²) in [6, 6.07) is 0.885. The van der Waals surface area contributed by atoms with Crippen LogP contribution in [-0.2, 0) is 0 Å². The van der Waals surface area contributed by atoms with Gasteiger partial charge < -0.3 is 10.2 Å². The van der Waals surface area contributed by atoms with Crippen molar-refractivity contribution in [2.75, 3.05) is 42.4 Å². The van der Waals surface area contributed by atoms with Gasteiger partial charge in [0.25, 0.3) is 0 Å². The van der Waals surface area contributed by atoms with Gasteiger partial charge in [-0.15, -0.1) is 0 Å². The number of hydrogen-bond acceptors (Lipinski definition) is 4. The van der Waals surface area contributed by atoms with Gasteiger partial charge in [-0.1, -0.05) is 6.92 Å². The summed E-state index contributed by atoms with van der Waals surface area (Å²) in [4.78, 5) is 5.71. The van der Waals surface area contributed by atoms with Crippen LogP contribution in [-0.4, -0.2) is 37.1 Å². The maximum atomic E-state index is 13.7. The monoisotopic (exact) mass is 275 g/mol. The quantitative estimate of drug-likeness (QED) is 0.828. The highest BCUT2D eigenvalue weighted by atomic mass is 32.2. The van der Waals surface area contributed by atoms with Crippen molar-refractivity contribution in [3.8, 4) is 0 Å². The predicted molar refractivity (Wildman–Crippen MR) is 74.6 cm³/mol. The fraction of sp³-hybridized carbons (Fsp3) is 0.583. The lowest BCUT2D eigenvalue weighted by Crippen LogP contribution is -2.23. The molecule has 0 bridgehead atoms. The van der Waals surface area contributed by atoms with Crippen LogP contribution >= 0.6 is 11.8 Å². The Morgan fingerprint density at radius 1 is 1.39 bits per heavy atom. The SMILES string of the molecule is CCCNc1nc(N(C)CCSC)c(F)cc1F. The Morgan fingerprint density at radius 3 is 2.72 bits per heavy atom. The molecule has 0 amide bonds. The van der Waals surface area contributed by atoms with Crippen LogP contribution in [0.2, 0.25) is 0 Å². The second-order valence-corrected chi connectivity index (χ2v) is 4.95. The summed E-state index contributed by atoms with van der Waals surface area (Å²) >= 11 is 1.67. The van der Waals surface area contributed by atoms with Gasteiger partial charge in [-0.25, -0.2) is 13.8 Å². The van der Waals surface area contributed by atoms with E-state index in [4.69, 9.17) is 0 Å². The second kappa shape index (κ2) is 7.41. The lowest BCUT2D eigenvalue weighted by molar-refractivity contribution is 0.573. The summed E-state index contributed by atoms with van der Waals surface area (Å²) < 4.78 is 27.1. The van der Waals surface area contributed by atoms with Gasteiger partial charge in [-0.3, -0.25) is 0 Å². The fourth-order valence-corrected chi connectivity index (χ4v) is 1.88. The van der Waals surface area contributed by atoms with Crippen molar-refractivity contribution in [3.63, 3.8) is 0 Å². The molecule has 6 heteroatoms. The van der Waals surface area contributed by atoms with E-state index in [0.29, 0.717) is 13.1 Å². The fourth-order valence-electron chi connectivity index (χ4n) is 1.43. The number of rotatable bonds is 7. The lowest BCUT2D eigenvalue weighted by atomic mass is 10.3. The molecule has 1 aromatic heterocycles. The van der Waals surface area contributed by atoms with Gasteiger partial charge in [0.15, 0.2) is 23.3 Å². The van der Waals surface area contributed by atoms with Gasteiger partial charge in [-0.2, -0.15) is 11.8 Å². The van der Waals surface area contributed by atoms with E-state index in [2.05, 4.69) is 10.3 Å². The highest BCUT2D eigenvalue weighted by Crippen LogP contribution is 2.21. The largest absolute Gasteiger partial charge is 0.368 e. The summed E-state index contributed by atoms with van der Waals surface area (Å²) in [6.45, 7) is 3.26. The number of aromatic nitrogens is 1. The van der Waals surface area contributed by atoms with Crippen LogP contribution in [0.1, 0.15) is 13.3 Å². The highest BCUT2D eigenvalue weighted by Gasteiger charge is 2.14. The van der Waals surface area contributed by atoms with Crippen molar-refractivity contribution < 1.29 is 8.78 Å². The van der Waals surface area contributed by atoms with Crippen molar-refractivity contribution in [2.45, 2.75) is 13.3 Å². The van der Waals surface area contributed by atoms with Crippen LogP contribution in [0.25, 0.3) is 0 Å². The third kappa shape index (κ3) is 4.01. The number of anilines is 2. The number of thioether (sulfide) groups is 1. The smallest absolute Gasteiger partial charge is 0.168 e. The molecule has 1 aromatic rings. The average Bonchev–Trinajstić information content (AvgIpc) is 2.35. The van der Waals surface area contributed by atoms with Crippen molar-refractivity contribution in [1.82, 2.24) is 4.98 Å². The molecule has 102 valence electrons. The van der Waals surface area contributed by atoms with Crippen LogP contribution in [0, 0.1) is 11.6 Å². The Labute approximate surface area is 111 Å². The van der Waals surface area contributed by atoms with Gasteiger partial charge in [-0.05, 0) is 12.7 Å². The molecule has 18 heavy (non-hydrogen) atoms. The molecule has 0 spiro atoms. The van der Waals surface area contributed by atoms with Crippen molar-refractivity contribution >= 4 is 23.4 Å². The Hall–Kier alpha value is -1.04. The molecular formula is C12H19F2N3S. The van der Waals surface area contributed by atoms with Crippen LogP contribution in [0.4, 0.5) is 20.4 Å². The van der Waals surface area contributed by atoms with Crippen molar-refractivity contribution in [2.24, 2.45) is 0 Å². The molecule has 0 atom stereocenters. The standard InChI is InChI=1S/C12H19F2N3S/c1-4-5-15-11-9(13)8-10(14)12(16-11)17(2)6-7-18-3/h8H,4-7H2,1-3H3,(H,15,16). The Balaban J connectivity index is 2.89. The van der Waals surface area contributed by atoms with E-state index in [1.54, 1.807) is 23.7 Å². The number of hydrogen-bond donors (Lipinski definition) is 1. The Bertz CT molecular complexity index is 388. The minimum absolute atomic E-state index is 0.115. The van der Waals surface area contributed by atoms with Gasteiger partial charge in [0, 0.05) is 32.0 Å². The molecule has 0 aliphatic heterocycles. The van der Waals surface area contributed by atoms with Crippen LogP contribution in [0.15, 0.2) is 6.07 Å². The molecule has 0 fully saturated rings. The molecular weight excluding hydrogens is 256 g/mol. The van der Waals surface area contributed by atoms with E-state index in [-0.39, 0.29) is 11.6 Å². The molecule has 3 nitrogen and oxygen atoms in total. The van der Waals surface area contributed by atoms with Gasteiger partial charge >= 0.3 is 0 Å². The minimum atomic E-state index is -0.650. The molecule has 0 radical (unpaired) electrons. The van der Waals surface area contributed by atoms with E-state index in [1.165, 1.54) is 0 Å². The normalized spacial score (nSPS) is 10.5. The van der Waals surface area contributed by atoms with Crippen LogP contribution in [0.3, 0.4) is 0 Å². The van der Waals surface area contributed by atoms with Gasteiger partial charge in [0.05, 0.1) is 0 Å². The molecule has 1 rings (SSSR count). The van der Waals surface area contributed by atoms with Crippen LogP contribution in [0.5, 0.6) is 0 Å². The Kier molecular flexibility index (Phi) is 6.18. The second-order valence-electron chi connectivity index (χ2n) is 3.97. The first-order valence-corrected chi connectivity index (χ1v) is 7.29. The third-order valence-electron chi connectivity index (χ3n) is 2.45. The maximum absolute atomic E-state index is 13.7. The summed E-state index contributed by atoms with van der Waals surface area (Å²) in [5.74, 6) is -0.110. The first kappa shape index (κ1) is 15.0. The topological polar surface area (TPSA) is 28.2 Å². The van der Waals surface area contributed by atoms with E-state index in [1.807, 2.05) is 13.2 Å². The van der Waals surface area contributed by atoms with Crippen molar-refractivity contribution in [3.05, 3.63) is 17.7 Å². The van der Waals surface area contributed by atoms with Crippen molar-refractivity contribution in [1.29, 1.82) is 0 Å². The average molecular weight is 275 g/mol. The number of nitrogens with zero attached hydrogens (tertiary/aromatic N) is 2. The highest BCUT2D eigenvalue weighted by molar-refractivity contribution is 7.98. The van der Waals surface area contributed by atoms with E-state index in [9.17, 15) is 8.78 Å². The van der Waals surface area contributed by atoms with Gasteiger partial charge in [0.2, 0.25) is 0 Å². The summed E-state index contributed by atoms with van der Waals surface area (Å²) in [5, 5.41) is 2.86. The molecule has 0 aromatic carbocycles. The minimum Gasteiger partial charge on any atom is -0.368 e. The number of nitrogens with one attached hydrogen (secondary N) is 1. The van der Waals surface area contributed by atoms with Crippen LogP contribution < -0.4 is 10.2 Å². The third-order valence-corrected chi connectivity index (χ3v) is 3.04. The number of halogens is 2. The number of pyridine rings is 1. The zero-order chi connectivity index (χ0) is 13.5. The van der Waals surface area contributed by atoms with E-state index in [0.717, 1.165) is 18.2 Å². The predicted octanol–water partition coefficient (Wildman–Crippen LogP) is 2.98. The first-order valence-electron chi connectivity index (χ1n) is 5.90. The molecule has 0 aliphatic rings. The molecule has 0 unspecified atom stereocenters. The summed E-state index contributed by atoms with van der Waals surface area (Å²) in [6.07, 6.45) is 2.84. The zero-order valence-electron chi connectivity index (χ0n) is 11.0. The lowest BCUT2D eigenvalue weighted by Gasteiger charge is -2.19. The summed E-state index contributed by atoms with van der Waals surface area (Å²) in [7, 11) is 1.75. The molecule has 0 saturated carbocycles. The zero-order valence-corrected chi connectivity index (χ0v) is 11.8. The summed E-state index contributed by atoms with van der Waals surface area (Å²) in [5.41, 5.74) is 0. The molecule has 0 saturated heterocycles. The molecule has 1 heterocycles. The van der Waals surface area contributed by atoms with E-state index < -0.39 is 11.6 Å². The molecule has 0 aliphatic carbocycles. The Morgan fingerprint density at radius 2 is 2.11 bits per heavy atom. The maximum Gasteiger partial charge on any atom is 0.168 e. The first-order chi connectivity index (χ1) is 8.60.